The molecular formula is C11H8N2O2S. The Morgan fingerprint density at radius 2 is 1.94 bits per heavy atom. The van der Waals surface area contributed by atoms with Crippen LogP contribution in [0.2, 0.25) is 0 Å². The van der Waals surface area contributed by atoms with Gasteiger partial charge >= 0.3 is 5.97 Å². The fourth-order valence-electron chi connectivity index (χ4n) is 1.17. The number of rotatable bonds is 3. The van der Waals surface area contributed by atoms with E-state index in [0.29, 0.717) is 0 Å². The minimum atomic E-state index is -0.924. The van der Waals surface area contributed by atoms with Crippen molar-refractivity contribution in [2.24, 2.45) is 0 Å². The van der Waals surface area contributed by atoms with Crippen LogP contribution < -0.4 is 0 Å². The van der Waals surface area contributed by atoms with E-state index in [9.17, 15) is 4.79 Å². The fourth-order valence-corrected chi connectivity index (χ4v) is 2.00. The maximum atomic E-state index is 10.8. The highest BCUT2D eigenvalue weighted by Crippen LogP contribution is 2.26. The van der Waals surface area contributed by atoms with Gasteiger partial charge in [-0.05, 0) is 18.2 Å². The van der Waals surface area contributed by atoms with E-state index in [-0.39, 0.29) is 5.56 Å². The van der Waals surface area contributed by atoms with Gasteiger partial charge in [0, 0.05) is 22.2 Å². The molecule has 2 rings (SSSR count). The van der Waals surface area contributed by atoms with E-state index in [1.807, 2.05) is 6.07 Å². The lowest BCUT2D eigenvalue weighted by atomic mass is 10.2. The molecule has 2 aromatic rings. The Labute approximate surface area is 96.4 Å². The van der Waals surface area contributed by atoms with Crippen molar-refractivity contribution in [3.8, 4) is 0 Å². The zero-order valence-electron chi connectivity index (χ0n) is 8.20. The summed E-state index contributed by atoms with van der Waals surface area (Å²) in [5, 5.41) is 8.84. The van der Waals surface area contributed by atoms with Crippen LogP contribution in [-0.2, 0) is 0 Å². The first-order valence-corrected chi connectivity index (χ1v) is 5.33. The van der Waals surface area contributed by atoms with Crippen molar-refractivity contribution in [2.45, 2.75) is 9.79 Å². The Hall–Kier alpha value is -1.88. The first-order chi connectivity index (χ1) is 7.75. The lowest BCUT2D eigenvalue weighted by Gasteiger charge is -2.01. The zero-order valence-corrected chi connectivity index (χ0v) is 9.02. The fraction of sp³-hybridized carbons (Fsp3) is 0. The number of aromatic carboxylic acids is 1. The quantitative estimate of drug-likeness (QED) is 0.879. The Morgan fingerprint density at radius 3 is 2.62 bits per heavy atom. The van der Waals surface area contributed by atoms with Gasteiger partial charge in [-0.2, -0.15) is 0 Å². The van der Waals surface area contributed by atoms with Crippen LogP contribution >= 0.6 is 11.8 Å². The second kappa shape index (κ2) is 4.76. The van der Waals surface area contributed by atoms with Gasteiger partial charge in [0.2, 0.25) is 0 Å². The van der Waals surface area contributed by atoms with E-state index in [2.05, 4.69) is 9.97 Å². The molecule has 0 radical (unpaired) electrons. The molecule has 1 heterocycles. The summed E-state index contributed by atoms with van der Waals surface area (Å²) in [6.45, 7) is 0. The highest BCUT2D eigenvalue weighted by atomic mass is 32.2. The standard InChI is InChI=1S/C11H8N2O2S/c14-11(15)8-2-1-3-9(4-8)16-10-5-12-7-13-6-10/h1-7H,(H,14,15). The molecule has 80 valence electrons. The second-order valence-electron chi connectivity index (χ2n) is 3.01. The lowest BCUT2D eigenvalue weighted by molar-refractivity contribution is 0.0696. The Morgan fingerprint density at radius 1 is 1.19 bits per heavy atom. The van der Waals surface area contributed by atoms with Gasteiger partial charge in [0.1, 0.15) is 6.33 Å². The number of benzene rings is 1. The van der Waals surface area contributed by atoms with Gasteiger partial charge in [0.05, 0.1) is 5.56 Å². The molecule has 1 N–H and O–H groups in total. The van der Waals surface area contributed by atoms with E-state index in [1.165, 1.54) is 18.1 Å². The van der Waals surface area contributed by atoms with Gasteiger partial charge in [-0.3, -0.25) is 0 Å². The van der Waals surface area contributed by atoms with Gasteiger partial charge < -0.3 is 5.11 Å². The van der Waals surface area contributed by atoms with Crippen molar-refractivity contribution in [1.82, 2.24) is 9.97 Å². The lowest BCUT2D eigenvalue weighted by Crippen LogP contribution is -1.95. The minimum absolute atomic E-state index is 0.279. The smallest absolute Gasteiger partial charge is 0.335 e. The molecule has 0 atom stereocenters. The normalized spacial score (nSPS) is 10.0. The number of hydrogen-bond acceptors (Lipinski definition) is 4. The molecule has 0 bridgehead atoms. The average molecular weight is 232 g/mol. The monoisotopic (exact) mass is 232 g/mol. The molecule has 0 amide bonds. The molecule has 16 heavy (non-hydrogen) atoms. The molecule has 1 aromatic carbocycles. The SMILES string of the molecule is O=C(O)c1cccc(Sc2cncnc2)c1. The zero-order chi connectivity index (χ0) is 11.4. The molecule has 0 aliphatic carbocycles. The van der Waals surface area contributed by atoms with Crippen LogP contribution in [0, 0.1) is 0 Å². The van der Waals surface area contributed by atoms with Crippen LogP contribution in [0.5, 0.6) is 0 Å². The minimum Gasteiger partial charge on any atom is -0.478 e. The molecule has 0 spiro atoms. The highest BCUT2D eigenvalue weighted by molar-refractivity contribution is 7.99. The van der Waals surface area contributed by atoms with Crippen LogP contribution in [0.4, 0.5) is 0 Å². The number of aromatic nitrogens is 2. The van der Waals surface area contributed by atoms with Crippen LogP contribution in [0.15, 0.2) is 52.8 Å². The second-order valence-corrected chi connectivity index (χ2v) is 4.16. The molecule has 0 aliphatic rings. The van der Waals surface area contributed by atoms with Gasteiger partial charge in [0.25, 0.3) is 0 Å². The molecule has 5 heteroatoms. The number of carboxylic acids is 1. The summed E-state index contributed by atoms with van der Waals surface area (Å²) in [6.07, 6.45) is 4.83. The highest BCUT2D eigenvalue weighted by Gasteiger charge is 2.04. The average Bonchev–Trinajstić information content (AvgIpc) is 2.30. The molecular weight excluding hydrogens is 224 g/mol. The number of carboxylic acid groups (broad SMARTS) is 1. The number of hydrogen-bond donors (Lipinski definition) is 1. The van der Waals surface area contributed by atoms with Gasteiger partial charge in [0.15, 0.2) is 0 Å². The molecule has 0 fully saturated rings. The number of carbonyl (C=O) groups is 1. The largest absolute Gasteiger partial charge is 0.478 e. The van der Waals surface area contributed by atoms with E-state index in [0.717, 1.165) is 9.79 Å². The van der Waals surface area contributed by atoms with E-state index >= 15 is 0 Å². The summed E-state index contributed by atoms with van der Waals surface area (Å²) in [5.74, 6) is -0.924. The van der Waals surface area contributed by atoms with Crippen molar-refractivity contribution in [3.63, 3.8) is 0 Å². The summed E-state index contributed by atoms with van der Waals surface area (Å²) in [5.41, 5.74) is 0.279. The van der Waals surface area contributed by atoms with Crippen LogP contribution in [0.25, 0.3) is 0 Å². The van der Waals surface area contributed by atoms with E-state index in [4.69, 9.17) is 5.11 Å². The summed E-state index contributed by atoms with van der Waals surface area (Å²) in [6, 6.07) is 6.76. The third-order valence-electron chi connectivity index (χ3n) is 1.85. The third-order valence-corrected chi connectivity index (χ3v) is 2.79. The van der Waals surface area contributed by atoms with E-state index in [1.54, 1.807) is 30.6 Å². The molecule has 4 nitrogen and oxygen atoms in total. The van der Waals surface area contributed by atoms with Crippen LogP contribution in [-0.4, -0.2) is 21.0 Å². The maximum absolute atomic E-state index is 10.8. The molecule has 1 aromatic heterocycles. The van der Waals surface area contributed by atoms with Crippen molar-refractivity contribution in [3.05, 3.63) is 48.5 Å². The summed E-state index contributed by atoms with van der Waals surface area (Å²) in [7, 11) is 0. The third kappa shape index (κ3) is 2.58. The maximum Gasteiger partial charge on any atom is 0.335 e. The molecule has 0 saturated carbocycles. The van der Waals surface area contributed by atoms with Crippen molar-refractivity contribution >= 4 is 17.7 Å². The summed E-state index contributed by atoms with van der Waals surface area (Å²) in [4.78, 5) is 20.3. The Bertz CT molecular complexity index is 502. The predicted molar refractivity (Wildman–Crippen MR) is 59.6 cm³/mol. The van der Waals surface area contributed by atoms with Gasteiger partial charge in [-0.1, -0.05) is 17.8 Å². The first-order valence-electron chi connectivity index (χ1n) is 4.52. The van der Waals surface area contributed by atoms with Crippen molar-refractivity contribution in [1.29, 1.82) is 0 Å². The van der Waals surface area contributed by atoms with E-state index < -0.39 is 5.97 Å². The number of nitrogens with zero attached hydrogens (tertiary/aromatic N) is 2. The van der Waals surface area contributed by atoms with Crippen LogP contribution in [0.3, 0.4) is 0 Å². The van der Waals surface area contributed by atoms with Gasteiger partial charge in [-0.25, -0.2) is 14.8 Å². The van der Waals surface area contributed by atoms with Crippen molar-refractivity contribution in [2.75, 3.05) is 0 Å². The van der Waals surface area contributed by atoms with Crippen LogP contribution in [0.1, 0.15) is 10.4 Å². The molecule has 0 aliphatic heterocycles. The Kier molecular flexibility index (Phi) is 3.16. The van der Waals surface area contributed by atoms with Crippen molar-refractivity contribution < 1.29 is 9.90 Å². The molecule has 0 unspecified atom stereocenters. The Balaban J connectivity index is 2.22. The van der Waals surface area contributed by atoms with Gasteiger partial charge in [-0.15, -0.1) is 0 Å². The summed E-state index contributed by atoms with van der Waals surface area (Å²) < 4.78 is 0. The molecule has 0 saturated heterocycles. The topological polar surface area (TPSA) is 63.1 Å². The predicted octanol–water partition coefficient (Wildman–Crippen LogP) is 2.33. The summed E-state index contributed by atoms with van der Waals surface area (Å²) >= 11 is 1.43. The first kappa shape index (κ1) is 10.6.